The molecule has 0 unspecified atom stereocenters. The zero-order valence-electron chi connectivity index (χ0n) is 18.0. The molecule has 0 fully saturated rings. The average molecular weight is 417 g/mol. The van der Waals surface area contributed by atoms with E-state index in [2.05, 4.69) is 62.2 Å². The van der Waals surface area contributed by atoms with E-state index in [4.69, 9.17) is 4.42 Å². The van der Waals surface area contributed by atoms with Gasteiger partial charge in [0.15, 0.2) is 5.96 Å². The van der Waals surface area contributed by atoms with Crippen molar-refractivity contribution in [2.24, 2.45) is 4.99 Å². The number of benzene rings is 2. The van der Waals surface area contributed by atoms with E-state index in [0.29, 0.717) is 12.4 Å². The first kappa shape index (κ1) is 20.7. The SMILES string of the molecule is CCNC(=NCc1coc(-c2ccc(C)cc2)n1)NCCCn1cnc2ccccc21. The lowest BCUT2D eigenvalue weighted by Crippen LogP contribution is -2.38. The molecular weight excluding hydrogens is 388 g/mol. The third-order valence-corrected chi connectivity index (χ3v) is 4.99. The summed E-state index contributed by atoms with van der Waals surface area (Å²) in [5.74, 6) is 1.40. The second-order valence-electron chi connectivity index (χ2n) is 7.41. The van der Waals surface area contributed by atoms with Gasteiger partial charge in [0, 0.05) is 25.2 Å². The van der Waals surface area contributed by atoms with Crippen molar-refractivity contribution in [2.75, 3.05) is 13.1 Å². The van der Waals surface area contributed by atoms with Gasteiger partial charge in [0.1, 0.15) is 12.0 Å². The van der Waals surface area contributed by atoms with E-state index in [0.717, 1.165) is 48.8 Å². The largest absolute Gasteiger partial charge is 0.444 e. The van der Waals surface area contributed by atoms with Gasteiger partial charge in [0.05, 0.1) is 23.9 Å². The molecule has 0 spiro atoms. The highest BCUT2D eigenvalue weighted by atomic mass is 16.3. The first-order valence-corrected chi connectivity index (χ1v) is 10.7. The second kappa shape index (κ2) is 9.93. The number of hydrogen-bond donors (Lipinski definition) is 2. The summed E-state index contributed by atoms with van der Waals surface area (Å²) in [5.41, 5.74) is 5.18. The predicted octanol–water partition coefficient (Wildman–Crippen LogP) is 4.15. The van der Waals surface area contributed by atoms with Crippen molar-refractivity contribution in [2.45, 2.75) is 33.4 Å². The third-order valence-electron chi connectivity index (χ3n) is 4.99. The van der Waals surface area contributed by atoms with Crippen molar-refractivity contribution in [3.63, 3.8) is 0 Å². The fourth-order valence-electron chi connectivity index (χ4n) is 3.35. The highest BCUT2D eigenvalue weighted by Gasteiger charge is 2.07. The number of rotatable bonds is 8. The Labute approximate surface area is 182 Å². The van der Waals surface area contributed by atoms with Gasteiger partial charge in [0.2, 0.25) is 5.89 Å². The van der Waals surface area contributed by atoms with Gasteiger partial charge in [-0.15, -0.1) is 0 Å². The maximum atomic E-state index is 5.63. The Bertz CT molecular complexity index is 1140. The van der Waals surface area contributed by atoms with E-state index in [1.54, 1.807) is 6.26 Å². The number of hydrogen-bond acceptors (Lipinski definition) is 4. The number of aromatic nitrogens is 3. The third kappa shape index (κ3) is 5.31. The molecule has 2 heterocycles. The zero-order valence-corrected chi connectivity index (χ0v) is 18.0. The number of aryl methyl sites for hydroxylation is 2. The van der Waals surface area contributed by atoms with Crippen LogP contribution in [0, 0.1) is 6.92 Å². The minimum Gasteiger partial charge on any atom is -0.444 e. The number of nitrogens with one attached hydrogen (secondary N) is 2. The fraction of sp³-hybridized carbons (Fsp3) is 0.292. The minimum atomic E-state index is 0.455. The Morgan fingerprint density at radius 1 is 1.10 bits per heavy atom. The number of para-hydroxylation sites is 2. The molecule has 0 atom stereocenters. The van der Waals surface area contributed by atoms with Crippen molar-refractivity contribution in [1.29, 1.82) is 0 Å². The van der Waals surface area contributed by atoms with E-state index < -0.39 is 0 Å². The van der Waals surface area contributed by atoms with E-state index in [1.807, 2.05) is 36.7 Å². The molecule has 0 saturated heterocycles. The van der Waals surface area contributed by atoms with Crippen molar-refractivity contribution in [1.82, 2.24) is 25.2 Å². The Kier molecular flexibility index (Phi) is 6.62. The molecule has 0 amide bonds. The topological polar surface area (TPSA) is 80.3 Å². The Hall–Kier alpha value is -3.61. The fourth-order valence-corrected chi connectivity index (χ4v) is 3.35. The van der Waals surface area contributed by atoms with Crippen LogP contribution in [0.25, 0.3) is 22.5 Å². The number of nitrogens with zero attached hydrogens (tertiary/aromatic N) is 4. The molecule has 0 aliphatic rings. The van der Waals surface area contributed by atoms with E-state index in [-0.39, 0.29) is 0 Å². The van der Waals surface area contributed by atoms with Gasteiger partial charge >= 0.3 is 0 Å². The van der Waals surface area contributed by atoms with Crippen molar-refractivity contribution in [3.8, 4) is 11.5 Å². The summed E-state index contributed by atoms with van der Waals surface area (Å²) in [6.45, 7) is 7.08. The number of fused-ring (bicyclic) bond motifs is 1. The van der Waals surface area contributed by atoms with E-state index in [9.17, 15) is 0 Å². The molecule has 0 aliphatic heterocycles. The van der Waals surface area contributed by atoms with E-state index in [1.165, 1.54) is 11.1 Å². The van der Waals surface area contributed by atoms with Gasteiger partial charge in [0.25, 0.3) is 0 Å². The van der Waals surface area contributed by atoms with Crippen LogP contribution in [0.4, 0.5) is 0 Å². The van der Waals surface area contributed by atoms with Crippen molar-refractivity contribution < 1.29 is 4.42 Å². The maximum absolute atomic E-state index is 5.63. The number of aliphatic imine (C=N–C) groups is 1. The highest BCUT2D eigenvalue weighted by molar-refractivity contribution is 5.79. The van der Waals surface area contributed by atoms with Crippen LogP contribution in [0.1, 0.15) is 24.6 Å². The molecule has 2 aromatic heterocycles. The van der Waals surface area contributed by atoms with Crippen LogP contribution in [0.3, 0.4) is 0 Å². The summed E-state index contributed by atoms with van der Waals surface area (Å²) >= 11 is 0. The molecule has 7 nitrogen and oxygen atoms in total. The van der Waals surface area contributed by atoms with Gasteiger partial charge < -0.3 is 19.6 Å². The molecule has 0 radical (unpaired) electrons. The van der Waals surface area contributed by atoms with Gasteiger partial charge in [-0.25, -0.2) is 15.0 Å². The summed E-state index contributed by atoms with van der Waals surface area (Å²) in [6, 6.07) is 16.3. The molecule has 0 saturated carbocycles. The average Bonchev–Trinajstić information content (AvgIpc) is 3.43. The van der Waals surface area contributed by atoms with E-state index >= 15 is 0 Å². The Morgan fingerprint density at radius 3 is 2.77 bits per heavy atom. The molecule has 4 rings (SSSR count). The summed E-state index contributed by atoms with van der Waals surface area (Å²) in [5, 5.41) is 6.68. The first-order valence-electron chi connectivity index (χ1n) is 10.7. The predicted molar refractivity (Wildman–Crippen MR) is 124 cm³/mol. The zero-order chi connectivity index (χ0) is 21.5. The lowest BCUT2D eigenvalue weighted by Gasteiger charge is -2.11. The molecule has 31 heavy (non-hydrogen) atoms. The van der Waals surface area contributed by atoms with Gasteiger partial charge in [-0.2, -0.15) is 0 Å². The lowest BCUT2D eigenvalue weighted by atomic mass is 10.1. The van der Waals surface area contributed by atoms with Crippen LogP contribution >= 0.6 is 0 Å². The lowest BCUT2D eigenvalue weighted by molar-refractivity contribution is 0.572. The molecule has 7 heteroatoms. The van der Waals surface area contributed by atoms with Crippen LogP contribution in [0.5, 0.6) is 0 Å². The molecule has 2 N–H and O–H groups in total. The monoisotopic (exact) mass is 416 g/mol. The first-order chi connectivity index (χ1) is 15.2. The Balaban J connectivity index is 1.30. The summed E-state index contributed by atoms with van der Waals surface area (Å²) < 4.78 is 7.81. The highest BCUT2D eigenvalue weighted by Crippen LogP contribution is 2.19. The molecule has 2 aromatic carbocycles. The summed E-state index contributed by atoms with van der Waals surface area (Å²) in [7, 11) is 0. The molecule has 0 aliphatic carbocycles. The molecular formula is C24H28N6O. The quantitative estimate of drug-likeness (QED) is 0.256. The van der Waals surface area contributed by atoms with Crippen LogP contribution < -0.4 is 10.6 Å². The molecule has 4 aromatic rings. The molecule has 0 bridgehead atoms. The van der Waals surface area contributed by atoms with Crippen LogP contribution in [0.2, 0.25) is 0 Å². The van der Waals surface area contributed by atoms with Crippen LogP contribution in [-0.4, -0.2) is 33.6 Å². The number of oxazole rings is 1. The number of guanidine groups is 1. The Morgan fingerprint density at radius 2 is 1.94 bits per heavy atom. The maximum Gasteiger partial charge on any atom is 0.226 e. The van der Waals surface area contributed by atoms with Gasteiger partial charge in [-0.1, -0.05) is 29.8 Å². The minimum absolute atomic E-state index is 0.455. The van der Waals surface area contributed by atoms with Crippen LogP contribution in [0.15, 0.2) is 70.5 Å². The van der Waals surface area contributed by atoms with Gasteiger partial charge in [-0.3, -0.25) is 0 Å². The van der Waals surface area contributed by atoms with Gasteiger partial charge in [-0.05, 0) is 44.5 Å². The summed E-state index contributed by atoms with van der Waals surface area (Å²) in [4.78, 5) is 13.6. The standard InChI is InChI=1S/C24H28N6O/c1-3-25-24(26-13-6-14-30-17-28-21-7-4-5-8-22(21)30)27-15-20-16-31-23(29-20)19-11-9-18(2)10-12-19/h4-5,7-12,16-17H,3,6,13-15H2,1-2H3,(H2,25,26,27). The second-order valence-corrected chi connectivity index (χ2v) is 7.41. The normalized spacial score (nSPS) is 11.7. The van der Waals surface area contributed by atoms with Crippen LogP contribution in [-0.2, 0) is 13.1 Å². The van der Waals surface area contributed by atoms with Crippen molar-refractivity contribution >= 4 is 17.0 Å². The number of imidazole rings is 1. The summed E-state index contributed by atoms with van der Waals surface area (Å²) in [6.07, 6.45) is 4.54. The molecule has 160 valence electrons. The van der Waals surface area contributed by atoms with Crippen molar-refractivity contribution in [3.05, 3.63) is 72.4 Å². The smallest absolute Gasteiger partial charge is 0.226 e.